The van der Waals surface area contributed by atoms with Gasteiger partial charge in [0.15, 0.2) is 6.29 Å². The predicted octanol–water partition coefficient (Wildman–Crippen LogP) is 5.04. The van der Waals surface area contributed by atoms with Gasteiger partial charge >= 0.3 is 5.97 Å². The van der Waals surface area contributed by atoms with Gasteiger partial charge in [-0.25, -0.2) is 9.78 Å². The van der Waals surface area contributed by atoms with E-state index in [4.69, 9.17) is 9.47 Å². The standard InChI is InChI=1S/C25H30N2O5/c1-16(2)27(24(29)18-9-7-17(3)8-10-18)22-12-11-20(14-21(22)25(30)31-4)32-23-19(15-28)6-5-13-26-23/h5-6,11-18H,7-10H2,1-4H3/t17-,18-. The van der Waals surface area contributed by atoms with Crippen molar-refractivity contribution in [1.29, 1.82) is 0 Å². The van der Waals surface area contributed by atoms with Gasteiger partial charge < -0.3 is 14.4 Å². The van der Waals surface area contributed by atoms with Crippen molar-refractivity contribution in [3.63, 3.8) is 0 Å². The van der Waals surface area contributed by atoms with Crippen LogP contribution < -0.4 is 9.64 Å². The number of carbonyl (C=O) groups excluding carboxylic acids is 3. The van der Waals surface area contributed by atoms with Crippen LogP contribution in [0.4, 0.5) is 5.69 Å². The molecule has 0 radical (unpaired) electrons. The number of nitrogens with zero attached hydrogens (tertiary/aromatic N) is 2. The zero-order chi connectivity index (χ0) is 23.3. The second kappa shape index (κ2) is 10.4. The largest absolute Gasteiger partial charge is 0.465 e. The highest BCUT2D eigenvalue weighted by molar-refractivity contribution is 6.04. The predicted molar refractivity (Wildman–Crippen MR) is 121 cm³/mol. The molecule has 0 spiro atoms. The Balaban J connectivity index is 1.97. The number of amides is 1. The highest BCUT2D eigenvalue weighted by Gasteiger charge is 2.32. The third-order valence-corrected chi connectivity index (χ3v) is 5.89. The van der Waals surface area contributed by atoms with Crippen LogP contribution in [0.1, 0.15) is 67.2 Å². The summed E-state index contributed by atoms with van der Waals surface area (Å²) in [6, 6.07) is 7.96. The summed E-state index contributed by atoms with van der Waals surface area (Å²) in [4.78, 5) is 43.1. The monoisotopic (exact) mass is 438 g/mol. The van der Waals surface area contributed by atoms with Crippen molar-refractivity contribution in [2.75, 3.05) is 12.0 Å². The summed E-state index contributed by atoms with van der Waals surface area (Å²) < 4.78 is 10.8. The van der Waals surface area contributed by atoms with Gasteiger partial charge in [-0.2, -0.15) is 0 Å². The number of benzene rings is 1. The maximum absolute atomic E-state index is 13.5. The molecule has 1 aliphatic rings. The molecule has 1 aliphatic carbocycles. The average Bonchev–Trinajstić information content (AvgIpc) is 2.80. The summed E-state index contributed by atoms with van der Waals surface area (Å²) in [7, 11) is 1.30. The van der Waals surface area contributed by atoms with Gasteiger partial charge in [-0.15, -0.1) is 0 Å². The summed E-state index contributed by atoms with van der Waals surface area (Å²) in [5, 5.41) is 0. The molecule has 0 atom stereocenters. The van der Waals surface area contributed by atoms with Gasteiger partial charge in [-0.3, -0.25) is 9.59 Å². The number of hydrogen-bond donors (Lipinski definition) is 0. The Labute approximate surface area is 188 Å². The number of ether oxygens (including phenoxy) is 2. The van der Waals surface area contributed by atoms with E-state index in [1.165, 1.54) is 19.4 Å². The summed E-state index contributed by atoms with van der Waals surface area (Å²) in [6.45, 7) is 6.07. The quantitative estimate of drug-likeness (QED) is 0.445. The molecule has 1 amide bonds. The van der Waals surface area contributed by atoms with Crippen molar-refractivity contribution in [3.8, 4) is 11.6 Å². The van der Waals surface area contributed by atoms with Crippen LogP contribution in [0.5, 0.6) is 11.6 Å². The van der Waals surface area contributed by atoms with Crippen LogP contribution in [0.3, 0.4) is 0 Å². The summed E-state index contributed by atoms with van der Waals surface area (Å²) in [6.07, 6.45) is 5.94. The number of pyridine rings is 1. The molecule has 0 N–H and O–H groups in total. The number of aromatic nitrogens is 1. The van der Waals surface area contributed by atoms with Gasteiger partial charge in [-0.1, -0.05) is 6.92 Å². The lowest BCUT2D eigenvalue weighted by Crippen LogP contribution is -2.43. The molecule has 0 unspecified atom stereocenters. The normalized spacial score (nSPS) is 18.2. The van der Waals surface area contributed by atoms with Gasteiger partial charge in [0.05, 0.1) is 23.9 Å². The van der Waals surface area contributed by atoms with Gasteiger partial charge in [0.1, 0.15) is 5.75 Å². The van der Waals surface area contributed by atoms with Crippen molar-refractivity contribution >= 4 is 23.9 Å². The SMILES string of the molecule is COC(=O)c1cc(Oc2ncccc2C=O)ccc1N(C(=O)[C@H]1CC[C@H](C)CC1)C(C)C. The molecule has 0 saturated heterocycles. The lowest BCUT2D eigenvalue weighted by Gasteiger charge is -2.34. The molecular weight excluding hydrogens is 408 g/mol. The van der Waals surface area contributed by atoms with Crippen LogP contribution in [-0.2, 0) is 9.53 Å². The van der Waals surface area contributed by atoms with Gasteiger partial charge in [-0.05, 0) is 75.8 Å². The topological polar surface area (TPSA) is 85.8 Å². The van der Waals surface area contributed by atoms with Gasteiger partial charge in [0, 0.05) is 18.2 Å². The molecular formula is C25H30N2O5. The fourth-order valence-electron chi connectivity index (χ4n) is 4.11. The first-order valence-corrected chi connectivity index (χ1v) is 11.0. The lowest BCUT2D eigenvalue weighted by molar-refractivity contribution is -0.123. The highest BCUT2D eigenvalue weighted by atomic mass is 16.5. The van der Waals surface area contributed by atoms with Crippen LogP contribution in [0.2, 0.25) is 0 Å². The third-order valence-electron chi connectivity index (χ3n) is 5.89. The molecule has 3 rings (SSSR count). The fraction of sp³-hybridized carbons (Fsp3) is 0.440. The number of hydrogen-bond acceptors (Lipinski definition) is 6. The third kappa shape index (κ3) is 5.15. The molecule has 7 nitrogen and oxygen atoms in total. The second-order valence-corrected chi connectivity index (χ2v) is 8.55. The zero-order valence-electron chi connectivity index (χ0n) is 19.0. The van der Waals surface area contributed by atoms with Crippen LogP contribution >= 0.6 is 0 Å². The molecule has 1 heterocycles. The Kier molecular flexibility index (Phi) is 7.62. The van der Waals surface area contributed by atoms with E-state index in [-0.39, 0.29) is 29.3 Å². The van der Waals surface area contributed by atoms with Crippen molar-refractivity contribution in [3.05, 3.63) is 47.7 Å². The Hall–Kier alpha value is -3.22. The minimum Gasteiger partial charge on any atom is -0.465 e. The average molecular weight is 439 g/mol. The summed E-state index contributed by atoms with van der Waals surface area (Å²) >= 11 is 0. The van der Waals surface area contributed by atoms with E-state index in [0.29, 0.717) is 29.2 Å². The molecule has 32 heavy (non-hydrogen) atoms. The van der Waals surface area contributed by atoms with E-state index >= 15 is 0 Å². The van der Waals surface area contributed by atoms with Crippen molar-refractivity contribution in [2.45, 2.75) is 52.5 Å². The van der Waals surface area contributed by atoms with E-state index in [1.807, 2.05) is 13.8 Å². The molecule has 2 aromatic rings. The van der Waals surface area contributed by atoms with Crippen LogP contribution in [0.15, 0.2) is 36.5 Å². The smallest absolute Gasteiger partial charge is 0.340 e. The Morgan fingerprint density at radius 1 is 1.16 bits per heavy atom. The summed E-state index contributed by atoms with van der Waals surface area (Å²) in [5.41, 5.74) is 1.00. The first-order valence-electron chi connectivity index (χ1n) is 11.0. The van der Waals surface area contributed by atoms with Crippen LogP contribution in [0.25, 0.3) is 0 Å². The molecule has 0 bridgehead atoms. The molecule has 0 aliphatic heterocycles. The molecule has 1 aromatic carbocycles. The Morgan fingerprint density at radius 2 is 1.88 bits per heavy atom. The first kappa shape index (κ1) is 23.4. The number of carbonyl (C=O) groups is 3. The maximum atomic E-state index is 13.5. The Morgan fingerprint density at radius 3 is 2.50 bits per heavy atom. The van der Waals surface area contributed by atoms with E-state index in [2.05, 4.69) is 11.9 Å². The first-order chi connectivity index (χ1) is 15.3. The number of methoxy groups -OCH3 is 1. The fourth-order valence-corrected chi connectivity index (χ4v) is 4.11. The van der Waals surface area contributed by atoms with Crippen molar-refractivity contribution in [2.24, 2.45) is 11.8 Å². The van der Waals surface area contributed by atoms with E-state index in [0.717, 1.165) is 25.7 Å². The molecule has 1 fully saturated rings. The van der Waals surface area contributed by atoms with Crippen molar-refractivity contribution in [1.82, 2.24) is 4.98 Å². The molecule has 1 aromatic heterocycles. The number of anilines is 1. The summed E-state index contributed by atoms with van der Waals surface area (Å²) in [5.74, 6) is 0.490. The van der Waals surface area contributed by atoms with Crippen LogP contribution in [0, 0.1) is 11.8 Å². The molecule has 170 valence electrons. The number of rotatable bonds is 7. The minimum atomic E-state index is -0.571. The number of aldehydes is 1. The maximum Gasteiger partial charge on any atom is 0.340 e. The van der Waals surface area contributed by atoms with Crippen LogP contribution in [-0.4, -0.2) is 36.3 Å². The van der Waals surface area contributed by atoms with Gasteiger partial charge in [0.25, 0.3) is 0 Å². The highest BCUT2D eigenvalue weighted by Crippen LogP contribution is 2.35. The van der Waals surface area contributed by atoms with E-state index in [9.17, 15) is 14.4 Å². The van der Waals surface area contributed by atoms with E-state index in [1.54, 1.807) is 29.2 Å². The minimum absolute atomic E-state index is 0.0266. The van der Waals surface area contributed by atoms with E-state index < -0.39 is 5.97 Å². The van der Waals surface area contributed by atoms with Gasteiger partial charge in [0.2, 0.25) is 11.8 Å². The Bertz CT molecular complexity index is 980. The van der Waals surface area contributed by atoms with Crippen molar-refractivity contribution < 1.29 is 23.9 Å². The lowest BCUT2D eigenvalue weighted by atomic mass is 9.82. The molecule has 1 saturated carbocycles. The molecule has 7 heteroatoms. The zero-order valence-corrected chi connectivity index (χ0v) is 19.0. The second-order valence-electron chi connectivity index (χ2n) is 8.55. The number of esters is 1.